The molecule has 0 radical (unpaired) electrons. The SMILES string of the molecule is C=C(C)C(=O)OCCCNS(=C)(=O)C(F)(F)F. The summed E-state index contributed by atoms with van der Waals surface area (Å²) in [4.78, 5) is 10.9. The normalized spacial score (nSPS) is 15.1. The van der Waals surface area contributed by atoms with E-state index < -0.39 is 21.2 Å². The molecular weight excluding hydrogens is 259 g/mol. The van der Waals surface area contributed by atoms with E-state index in [2.05, 4.69) is 17.2 Å². The Morgan fingerprint density at radius 2 is 2.00 bits per heavy atom. The van der Waals surface area contributed by atoms with Crippen molar-refractivity contribution < 1.29 is 26.9 Å². The monoisotopic (exact) mass is 273 g/mol. The fourth-order valence-electron chi connectivity index (χ4n) is 0.679. The lowest BCUT2D eigenvalue weighted by molar-refractivity contribution is -0.139. The molecule has 0 amide bonds. The van der Waals surface area contributed by atoms with E-state index in [1.54, 1.807) is 4.72 Å². The van der Waals surface area contributed by atoms with Gasteiger partial charge in [-0.1, -0.05) is 6.58 Å². The van der Waals surface area contributed by atoms with Crippen LogP contribution in [0.4, 0.5) is 13.2 Å². The van der Waals surface area contributed by atoms with Gasteiger partial charge in [-0.2, -0.15) is 13.2 Å². The molecule has 4 nitrogen and oxygen atoms in total. The standard InChI is InChI=1S/C9H14F3NO3S/c1-7(2)8(14)16-6-4-5-13-17(3,15)9(10,11)12/h1,3-6H2,2H3,(H,13,15). The highest BCUT2D eigenvalue weighted by atomic mass is 32.2. The molecule has 0 fully saturated rings. The molecule has 0 aromatic carbocycles. The summed E-state index contributed by atoms with van der Waals surface area (Å²) in [5.74, 6) is 1.96. The van der Waals surface area contributed by atoms with Gasteiger partial charge in [-0.3, -0.25) is 0 Å². The Bertz CT molecular complexity index is 387. The molecule has 0 aliphatic carbocycles. The Morgan fingerprint density at radius 3 is 2.41 bits per heavy atom. The molecular formula is C9H14F3NO3S. The van der Waals surface area contributed by atoms with E-state index in [1.807, 2.05) is 0 Å². The summed E-state index contributed by atoms with van der Waals surface area (Å²) < 4.78 is 53.6. The second-order valence-corrected chi connectivity index (χ2v) is 5.39. The zero-order valence-corrected chi connectivity index (χ0v) is 10.1. The number of alkyl halides is 3. The molecule has 17 heavy (non-hydrogen) atoms. The van der Waals surface area contributed by atoms with E-state index in [-0.39, 0.29) is 25.1 Å². The van der Waals surface area contributed by atoms with Crippen LogP contribution >= 0.6 is 0 Å². The van der Waals surface area contributed by atoms with Crippen molar-refractivity contribution >= 4 is 21.5 Å². The molecule has 0 spiro atoms. The van der Waals surface area contributed by atoms with Gasteiger partial charge in [0.1, 0.15) is 9.71 Å². The van der Waals surface area contributed by atoms with Crippen LogP contribution in [0.5, 0.6) is 0 Å². The topological polar surface area (TPSA) is 55.4 Å². The molecule has 0 saturated carbocycles. The fourth-order valence-corrected chi connectivity index (χ4v) is 1.32. The minimum atomic E-state index is -4.89. The number of esters is 1. The van der Waals surface area contributed by atoms with Crippen molar-refractivity contribution in [3.63, 3.8) is 0 Å². The van der Waals surface area contributed by atoms with E-state index in [1.165, 1.54) is 6.92 Å². The number of carbonyl (C=O) groups excluding carboxylic acids is 1. The Hall–Kier alpha value is -1.02. The summed E-state index contributed by atoms with van der Waals surface area (Å²) in [5.41, 5.74) is -4.68. The quantitative estimate of drug-likeness (QED) is 0.343. The van der Waals surface area contributed by atoms with Gasteiger partial charge in [0.05, 0.1) is 6.61 Å². The van der Waals surface area contributed by atoms with Gasteiger partial charge in [-0.25, -0.2) is 13.7 Å². The molecule has 100 valence electrons. The van der Waals surface area contributed by atoms with Crippen LogP contribution in [0.3, 0.4) is 0 Å². The van der Waals surface area contributed by atoms with E-state index in [0.29, 0.717) is 0 Å². The van der Waals surface area contributed by atoms with E-state index in [9.17, 15) is 22.2 Å². The maximum absolute atomic E-state index is 12.1. The Kier molecular flexibility index (Phi) is 5.70. The van der Waals surface area contributed by atoms with Crippen molar-refractivity contribution in [2.24, 2.45) is 0 Å². The number of hydrogen-bond acceptors (Lipinski definition) is 3. The molecule has 1 unspecified atom stereocenters. The van der Waals surface area contributed by atoms with Gasteiger partial charge < -0.3 is 4.74 Å². The molecule has 0 aliphatic heterocycles. The largest absolute Gasteiger partial charge is 0.476 e. The number of carbonyl (C=O) groups is 1. The van der Waals surface area contributed by atoms with Gasteiger partial charge in [-0.15, -0.1) is 0 Å². The van der Waals surface area contributed by atoms with Crippen LogP contribution in [-0.4, -0.2) is 34.7 Å². The third-order valence-corrected chi connectivity index (χ3v) is 3.03. The highest BCUT2D eigenvalue weighted by Gasteiger charge is 2.39. The maximum atomic E-state index is 12.1. The van der Waals surface area contributed by atoms with E-state index >= 15 is 0 Å². The van der Waals surface area contributed by atoms with Crippen LogP contribution in [0.25, 0.3) is 0 Å². The summed E-state index contributed by atoms with van der Waals surface area (Å²) in [6.07, 6.45) is 0.0988. The van der Waals surface area contributed by atoms with Gasteiger partial charge in [0.2, 0.25) is 0 Å². The van der Waals surface area contributed by atoms with Crippen molar-refractivity contribution in [1.29, 1.82) is 0 Å². The summed E-state index contributed by atoms with van der Waals surface area (Å²) >= 11 is 0. The lowest BCUT2D eigenvalue weighted by Gasteiger charge is -2.14. The first-order valence-electron chi connectivity index (χ1n) is 4.58. The number of rotatable bonds is 6. The Balaban J connectivity index is 3.88. The molecule has 0 saturated heterocycles. The number of ether oxygens (including phenoxy) is 1. The van der Waals surface area contributed by atoms with Crippen molar-refractivity contribution in [1.82, 2.24) is 4.72 Å². The molecule has 1 atom stereocenters. The summed E-state index contributed by atoms with van der Waals surface area (Å²) in [7, 11) is -4.32. The van der Waals surface area contributed by atoms with Crippen molar-refractivity contribution in [2.75, 3.05) is 13.2 Å². The van der Waals surface area contributed by atoms with E-state index in [0.717, 1.165) is 0 Å². The molecule has 8 heteroatoms. The van der Waals surface area contributed by atoms with E-state index in [4.69, 9.17) is 0 Å². The zero-order valence-electron chi connectivity index (χ0n) is 9.30. The lowest BCUT2D eigenvalue weighted by Crippen LogP contribution is -2.37. The highest BCUT2D eigenvalue weighted by Crippen LogP contribution is 2.21. The van der Waals surface area contributed by atoms with Crippen LogP contribution in [-0.2, 0) is 19.2 Å². The maximum Gasteiger partial charge on any atom is 0.476 e. The average molecular weight is 273 g/mol. The predicted molar refractivity (Wildman–Crippen MR) is 59.7 cm³/mol. The smallest absolute Gasteiger partial charge is 0.462 e. The number of nitrogens with one attached hydrogen (secondary N) is 1. The van der Waals surface area contributed by atoms with Gasteiger partial charge in [0.15, 0.2) is 0 Å². The predicted octanol–water partition coefficient (Wildman–Crippen LogP) is 1.24. The van der Waals surface area contributed by atoms with Crippen LogP contribution < -0.4 is 4.72 Å². The van der Waals surface area contributed by atoms with Crippen LogP contribution in [0.1, 0.15) is 13.3 Å². The molecule has 0 aromatic rings. The molecule has 0 rings (SSSR count). The first-order valence-corrected chi connectivity index (χ1v) is 6.31. The molecule has 0 aliphatic rings. The van der Waals surface area contributed by atoms with Crippen LogP contribution in [0, 0.1) is 0 Å². The first kappa shape index (κ1) is 16.0. The van der Waals surface area contributed by atoms with Crippen molar-refractivity contribution in [3.8, 4) is 0 Å². The minimum Gasteiger partial charge on any atom is -0.462 e. The summed E-state index contributed by atoms with van der Waals surface area (Å²) in [6, 6.07) is 0. The van der Waals surface area contributed by atoms with Crippen molar-refractivity contribution in [3.05, 3.63) is 12.2 Å². The third-order valence-electron chi connectivity index (χ3n) is 1.61. The second-order valence-electron chi connectivity index (χ2n) is 3.29. The van der Waals surface area contributed by atoms with Crippen LogP contribution in [0.2, 0.25) is 0 Å². The summed E-state index contributed by atoms with van der Waals surface area (Å²) in [5, 5.41) is 0. The molecule has 0 bridgehead atoms. The highest BCUT2D eigenvalue weighted by molar-refractivity contribution is 7.99. The molecule has 1 N–H and O–H groups in total. The molecule has 0 aromatic heterocycles. The van der Waals surface area contributed by atoms with Crippen molar-refractivity contribution in [2.45, 2.75) is 18.9 Å². The minimum absolute atomic E-state index is 0.0773. The van der Waals surface area contributed by atoms with Gasteiger partial charge in [0.25, 0.3) is 0 Å². The van der Waals surface area contributed by atoms with Gasteiger partial charge in [0, 0.05) is 12.1 Å². The third kappa shape index (κ3) is 5.73. The first-order chi connectivity index (χ1) is 7.58. The van der Waals surface area contributed by atoms with Gasteiger partial charge >= 0.3 is 11.5 Å². The lowest BCUT2D eigenvalue weighted by atomic mass is 10.4. The van der Waals surface area contributed by atoms with Gasteiger partial charge in [-0.05, 0) is 19.2 Å². The summed E-state index contributed by atoms with van der Waals surface area (Å²) in [6.45, 7) is 4.49. The fraction of sp³-hybridized carbons (Fsp3) is 0.556. The Morgan fingerprint density at radius 1 is 1.47 bits per heavy atom. The Labute approximate surface area is 98.0 Å². The molecule has 0 heterocycles. The number of hydrogen-bond donors (Lipinski definition) is 1. The average Bonchev–Trinajstić information content (AvgIpc) is 2.14. The number of halogens is 3. The van der Waals surface area contributed by atoms with Crippen LogP contribution in [0.15, 0.2) is 12.2 Å². The zero-order chi connectivity index (χ0) is 13.7. The second kappa shape index (κ2) is 6.06.